The number of nitrogens with zero attached hydrogens (tertiary/aromatic N) is 3. The van der Waals surface area contributed by atoms with Gasteiger partial charge >= 0.3 is 0 Å². The lowest BCUT2D eigenvalue weighted by atomic mass is 10.1. The molecule has 0 aromatic heterocycles. The normalized spacial score (nSPS) is 14.2. The molecule has 0 saturated carbocycles. The summed E-state index contributed by atoms with van der Waals surface area (Å²) in [6.45, 7) is 2.08. The average molecular weight is 541 g/mol. The van der Waals surface area contributed by atoms with Gasteiger partial charge in [-0.3, -0.25) is 14.0 Å². The molecule has 194 valence electrons. The van der Waals surface area contributed by atoms with Crippen LogP contribution in [0, 0.1) is 0 Å². The summed E-state index contributed by atoms with van der Waals surface area (Å²) in [4.78, 5) is 15.3. The van der Waals surface area contributed by atoms with E-state index in [2.05, 4.69) is 27.6 Å². The molecular weight excluding hydrogens is 512 g/mol. The third-order valence-corrected chi connectivity index (χ3v) is 8.15. The highest BCUT2D eigenvalue weighted by Gasteiger charge is 2.28. The van der Waals surface area contributed by atoms with E-state index in [1.54, 1.807) is 30.3 Å². The zero-order chi connectivity index (χ0) is 26.3. The summed E-state index contributed by atoms with van der Waals surface area (Å²) in [6.07, 6.45) is 1.46. The highest BCUT2D eigenvalue weighted by molar-refractivity contribution is 7.92. The van der Waals surface area contributed by atoms with Crippen LogP contribution in [0.15, 0.2) is 88.9 Å². The van der Waals surface area contributed by atoms with E-state index in [1.807, 2.05) is 18.2 Å². The maximum Gasteiger partial charge on any atom is 0.264 e. The van der Waals surface area contributed by atoms with E-state index in [9.17, 15) is 13.2 Å². The number of hydrogen-bond acceptors (Lipinski definition) is 6. The zero-order valence-electron chi connectivity index (χ0n) is 20.5. The van der Waals surface area contributed by atoms with E-state index in [0.29, 0.717) is 5.75 Å². The smallest absolute Gasteiger partial charge is 0.264 e. The van der Waals surface area contributed by atoms with E-state index in [0.717, 1.165) is 42.5 Å². The Balaban J connectivity index is 1.44. The molecule has 0 radical (unpaired) electrons. The minimum Gasteiger partial charge on any atom is -0.495 e. The number of halogens is 1. The lowest BCUT2D eigenvalue weighted by Crippen LogP contribution is -2.40. The molecule has 1 N–H and O–H groups in total. The summed E-state index contributed by atoms with van der Waals surface area (Å²) in [5.74, 6) is -0.150. The molecule has 1 aliphatic heterocycles. The van der Waals surface area contributed by atoms with Crippen molar-refractivity contribution in [2.24, 2.45) is 5.10 Å². The first-order chi connectivity index (χ1) is 17.9. The molecule has 1 heterocycles. The van der Waals surface area contributed by atoms with Gasteiger partial charge in [-0.2, -0.15) is 5.10 Å². The lowest BCUT2D eigenvalue weighted by molar-refractivity contribution is -0.119. The predicted octanol–water partition coefficient (Wildman–Crippen LogP) is 4.31. The number of carbonyl (C=O) groups excluding carboxylic acids is 1. The third-order valence-electron chi connectivity index (χ3n) is 6.06. The van der Waals surface area contributed by atoms with Gasteiger partial charge in [0.15, 0.2) is 0 Å². The van der Waals surface area contributed by atoms with Crippen molar-refractivity contribution in [2.45, 2.75) is 24.3 Å². The first kappa shape index (κ1) is 26.7. The number of ether oxygens (including phenoxy) is 1. The monoisotopic (exact) mass is 540 g/mol. The van der Waals surface area contributed by atoms with Gasteiger partial charge in [-0.1, -0.05) is 60.1 Å². The van der Waals surface area contributed by atoms with Crippen LogP contribution in [0.1, 0.15) is 18.4 Å². The van der Waals surface area contributed by atoms with Crippen LogP contribution in [-0.2, 0) is 21.4 Å². The summed E-state index contributed by atoms with van der Waals surface area (Å²) in [6, 6.07) is 22.8. The Morgan fingerprint density at radius 1 is 1.03 bits per heavy atom. The molecular formula is C27H29ClN4O4S. The molecule has 3 aromatic rings. The number of carbonyl (C=O) groups is 1. The second-order valence-corrected chi connectivity index (χ2v) is 10.9. The maximum atomic E-state index is 13.5. The van der Waals surface area contributed by atoms with Gasteiger partial charge in [0, 0.05) is 38.2 Å². The van der Waals surface area contributed by atoms with E-state index >= 15 is 0 Å². The molecule has 37 heavy (non-hydrogen) atoms. The fourth-order valence-electron chi connectivity index (χ4n) is 4.08. The molecule has 0 bridgehead atoms. The first-order valence-electron chi connectivity index (χ1n) is 11.9. The van der Waals surface area contributed by atoms with Crippen molar-refractivity contribution in [3.8, 4) is 5.75 Å². The standard InChI is InChI=1S/C27H29ClN4O4S/c1-36-26-13-12-23(18-25(26)28)32(37(34,35)24-10-6-3-7-11-24)20-27(33)30-29-22-14-16-31(17-15-22)19-21-8-4-2-5-9-21/h2-13,18H,14-17,19-20H2,1H3,(H,30,33). The molecule has 0 spiro atoms. The number of hydrogen-bond donors (Lipinski definition) is 1. The number of anilines is 1. The van der Waals surface area contributed by atoms with E-state index < -0.39 is 22.5 Å². The van der Waals surface area contributed by atoms with E-state index in [-0.39, 0.29) is 15.6 Å². The van der Waals surface area contributed by atoms with Crippen molar-refractivity contribution in [3.63, 3.8) is 0 Å². The van der Waals surface area contributed by atoms with Crippen LogP contribution < -0.4 is 14.5 Å². The maximum absolute atomic E-state index is 13.5. The fraction of sp³-hybridized carbons (Fsp3) is 0.259. The zero-order valence-corrected chi connectivity index (χ0v) is 22.1. The van der Waals surface area contributed by atoms with E-state index in [4.69, 9.17) is 16.3 Å². The van der Waals surface area contributed by atoms with Gasteiger partial charge < -0.3 is 4.74 Å². The van der Waals surface area contributed by atoms with Crippen molar-refractivity contribution in [1.29, 1.82) is 0 Å². The van der Waals surface area contributed by atoms with Gasteiger partial charge in [-0.05, 0) is 35.9 Å². The van der Waals surface area contributed by atoms with Crippen molar-refractivity contribution in [3.05, 3.63) is 89.4 Å². The number of rotatable bonds is 9. The third kappa shape index (κ3) is 6.88. The van der Waals surface area contributed by atoms with Crippen LogP contribution in [-0.4, -0.2) is 51.7 Å². The Morgan fingerprint density at radius 3 is 2.30 bits per heavy atom. The number of methoxy groups -OCH3 is 1. The number of piperidine rings is 1. The van der Waals surface area contributed by atoms with Gasteiger partial charge in [0.1, 0.15) is 12.3 Å². The summed E-state index contributed by atoms with van der Waals surface area (Å²) >= 11 is 6.26. The SMILES string of the molecule is COc1ccc(N(CC(=O)NN=C2CCN(Cc3ccccc3)CC2)S(=O)(=O)c2ccccc2)cc1Cl. The summed E-state index contributed by atoms with van der Waals surface area (Å²) in [5, 5.41) is 4.53. The Hall–Kier alpha value is -3.40. The largest absolute Gasteiger partial charge is 0.495 e. The second kappa shape index (κ2) is 12.2. The van der Waals surface area contributed by atoms with Gasteiger partial charge in [0.2, 0.25) is 0 Å². The Bertz CT molecular complexity index is 1340. The Morgan fingerprint density at radius 2 is 1.68 bits per heavy atom. The fourth-order valence-corrected chi connectivity index (χ4v) is 5.76. The molecule has 0 atom stereocenters. The Labute approximate surface area is 222 Å². The van der Waals surface area contributed by atoms with Crippen LogP contribution in [0.25, 0.3) is 0 Å². The summed E-state index contributed by atoms with van der Waals surface area (Å²) < 4.78 is 33.1. The molecule has 3 aromatic carbocycles. The van der Waals surface area contributed by atoms with Crippen LogP contribution in [0.3, 0.4) is 0 Å². The first-order valence-corrected chi connectivity index (χ1v) is 13.7. The molecule has 4 rings (SSSR count). The number of likely N-dealkylation sites (tertiary alicyclic amines) is 1. The quantitative estimate of drug-likeness (QED) is 0.408. The molecule has 0 unspecified atom stereocenters. The van der Waals surface area contributed by atoms with Gasteiger partial charge in [0.25, 0.3) is 15.9 Å². The Kier molecular flexibility index (Phi) is 8.81. The highest BCUT2D eigenvalue weighted by atomic mass is 35.5. The summed E-state index contributed by atoms with van der Waals surface area (Å²) in [7, 11) is -2.58. The average Bonchev–Trinajstić information content (AvgIpc) is 2.92. The lowest BCUT2D eigenvalue weighted by Gasteiger charge is -2.27. The van der Waals surface area contributed by atoms with Gasteiger partial charge in [-0.15, -0.1) is 0 Å². The van der Waals surface area contributed by atoms with Gasteiger partial charge in [-0.25, -0.2) is 13.8 Å². The minimum absolute atomic E-state index is 0.0619. The van der Waals surface area contributed by atoms with Crippen molar-refractivity contribution in [2.75, 3.05) is 31.0 Å². The minimum atomic E-state index is -4.05. The van der Waals surface area contributed by atoms with Crippen LogP contribution in [0.2, 0.25) is 5.02 Å². The molecule has 1 fully saturated rings. The highest BCUT2D eigenvalue weighted by Crippen LogP contribution is 2.31. The van der Waals surface area contributed by atoms with Gasteiger partial charge in [0.05, 0.1) is 22.7 Å². The number of hydrazone groups is 1. The summed E-state index contributed by atoms with van der Waals surface area (Å²) in [5.41, 5.74) is 4.92. The molecule has 8 nitrogen and oxygen atoms in total. The number of benzene rings is 3. The van der Waals surface area contributed by atoms with Crippen molar-refractivity contribution >= 4 is 38.9 Å². The van der Waals surface area contributed by atoms with Crippen LogP contribution >= 0.6 is 11.6 Å². The van der Waals surface area contributed by atoms with Crippen molar-refractivity contribution < 1.29 is 17.9 Å². The van der Waals surface area contributed by atoms with E-state index in [1.165, 1.54) is 30.9 Å². The molecule has 1 saturated heterocycles. The van der Waals surface area contributed by atoms with Crippen molar-refractivity contribution in [1.82, 2.24) is 10.3 Å². The van der Waals surface area contributed by atoms with Crippen LogP contribution in [0.5, 0.6) is 5.75 Å². The number of amides is 1. The molecule has 10 heteroatoms. The number of nitrogens with one attached hydrogen (secondary N) is 1. The second-order valence-electron chi connectivity index (χ2n) is 8.62. The predicted molar refractivity (Wildman–Crippen MR) is 146 cm³/mol. The molecule has 1 amide bonds. The van der Waals surface area contributed by atoms with Crippen LogP contribution in [0.4, 0.5) is 5.69 Å². The number of sulfonamides is 1. The molecule has 1 aliphatic rings. The topological polar surface area (TPSA) is 91.3 Å². The molecule has 0 aliphatic carbocycles.